The first-order valence-electron chi connectivity index (χ1n) is 3.39. The van der Waals surface area contributed by atoms with Gasteiger partial charge in [0.25, 0.3) is 0 Å². The molecule has 2 heteroatoms. The Morgan fingerprint density at radius 1 is 1.56 bits per heavy atom. The van der Waals surface area contributed by atoms with Gasteiger partial charge < -0.3 is 5.43 Å². The fourth-order valence-electron chi connectivity index (χ4n) is 1.14. The molecule has 52 valence electrons. The smallest absolute Gasteiger partial charge is 0.0507 e. The standard InChI is InChI=1S/C7H14N2/c1-5(2)7-6(3)4-8-9-7/h4-5,7-9H,1-3H3. The molecule has 0 fully saturated rings. The van der Waals surface area contributed by atoms with Gasteiger partial charge in [0.1, 0.15) is 0 Å². The molecule has 2 nitrogen and oxygen atoms in total. The van der Waals surface area contributed by atoms with E-state index in [1.807, 2.05) is 6.20 Å². The maximum absolute atomic E-state index is 3.16. The summed E-state index contributed by atoms with van der Waals surface area (Å²) < 4.78 is 0. The van der Waals surface area contributed by atoms with Crippen LogP contribution in [0.25, 0.3) is 0 Å². The van der Waals surface area contributed by atoms with Crippen molar-refractivity contribution >= 4 is 0 Å². The van der Waals surface area contributed by atoms with Gasteiger partial charge in [0.15, 0.2) is 0 Å². The van der Waals surface area contributed by atoms with Gasteiger partial charge in [-0.15, -0.1) is 0 Å². The van der Waals surface area contributed by atoms with Crippen molar-refractivity contribution in [3.05, 3.63) is 11.8 Å². The topological polar surface area (TPSA) is 24.1 Å². The number of rotatable bonds is 1. The SMILES string of the molecule is CC1=CNNC1C(C)C. The van der Waals surface area contributed by atoms with Crippen LogP contribution in [-0.4, -0.2) is 6.04 Å². The van der Waals surface area contributed by atoms with Gasteiger partial charge in [-0.1, -0.05) is 13.8 Å². The molecule has 0 bridgehead atoms. The van der Waals surface area contributed by atoms with Gasteiger partial charge in [0, 0.05) is 6.20 Å². The van der Waals surface area contributed by atoms with Gasteiger partial charge in [0.2, 0.25) is 0 Å². The van der Waals surface area contributed by atoms with Gasteiger partial charge in [-0.3, -0.25) is 0 Å². The third-order valence-electron chi connectivity index (χ3n) is 1.70. The molecule has 0 radical (unpaired) electrons. The Morgan fingerprint density at radius 3 is 2.44 bits per heavy atom. The third kappa shape index (κ3) is 1.24. The van der Waals surface area contributed by atoms with Gasteiger partial charge in [-0.2, -0.15) is 0 Å². The van der Waals surface area contributed by atoms with Gasteiger partial charge >= 0.3 is 0 Å². The number of hydrogen-bond acceptors (Lipinski definition) is 2. The Hall–Kier alpha value is -0.500. The molecule has 0 saturated carbocycles. The Morgan fingerprint density at radius 2 is 2.22 bits per heavy atom. The zero-order valence-electron chi connectivity index (χ0n) is 6.23. The maximum Gasteiger partial charge on any atom is 0.0507 e. The van der Waals surface area contributed by atoms with Crippen LogP contribution in [0.5, 0.6) is 0 Å². The fraction of sp³-hybridized carbons (Fsp3) is 0.714. The van der Waals surface area contributed by atoms with Crippen molar-refractivity contribution in [2.24, 2.45) is 5.92 Å². The summed E-state index contributed by atoms with van der Waals surface area (Å²) in [5.41, 5.74) is 7.55. The van der Waals surface area contributed by atoms with Crippen molar-refractivity contribution in [1.82, 2.24) is 10.9 Å². The van der Waals surface area contributed by atoms with Crippen molar-refractivity contribution in [2.75, 3.05) is 0 Å². The van der Waals surface area contributed by atoms with E-state index in [-0.39, 0.29) is 0 Å². The summed E-state index contributed by atoms with van der Waals surface area (Å²) in [5.74, 6) is 0.677. The molecule has 2 N–H and O–H groups in total. The van der Waals surface area contributed by atoms with E-state index in [1.54, 1.807) is 0 Å². The lowest BCUT2D eigenvalue weighted by molar-refractivity contribution is 0.451. The average Bonchev–Trinajstić information content (AvgIpc) is 2.13. The highest BCUT2D eigenvalue weighted by molar-refractivity contribution is 5.11. The number of hydrazine groups is 1. The number of hydrogen-bond donors (Lipinski definition) is 2. The molecule has 0 aromatic carbocycles. The summed E-state index contributed by atoms with van der Waals surface area (Å²) in [6.07, 6.45) is 2.02. The molecule has 0 saturated heterocycles. The summed E-state index contributed by atoms with van der Waals surface area (Å²) in [6.45, 7) is 6.56. The first kappa shape index (κ1) is 6.62. The van der Waals surface area contributed by atoms with Crippen LogP contribution in [0.4, 0.5) is 0 Å². The maximum atomic E-state index is 3.16. The predicted octanol–water partition coefficient (Wildman–Crippen LogP) is 1.02. The van der Waals surface area contributed by atoms with Crippen LogP contribution in [0.1, 0.15) is 20.8 Å². The predicted molar refractivity (Wildman–Crippen MR) is 38.7 cm³/mol. The van der Waals surface area contributed by atoms with E-state index in [4.69, 9.17) is 0 Å². The average molecular weight is 126 g/mol. The van der Waals surface area contributed by atoms with Crippen molar-refractivity contribution in [3.63, 3.8) is 0 Å². The first-order valence-corrected chi connectivity index (χ1v) is 3.39. The Bertz CT molecular complexity index is 127. The molecule has 0 aliphatic carbocycles. The van der Waals surface area contributed by atoms with E-state index in [2.05, 4.69) is 31.6 Å². The fourth-order valence-corrected chi connectivity index (χ4v) is 1.14. The normalized spacial score (nSPS) is 26.2. The largest absolute Gasteiger partial charge is 0.328 e. The van der Waals surface area contributed by atoms with Crippen LogP contribution in [-0.2, 0) is 0 Å². The highest BCUT2D eigenvalue weighted by atomic mass is 15.4. The minimum atomic E-state index is 0.532. The second kappa shape index (κ2) is 2.40. The Balaban J connectivity index is 2.53. The van der Waals surface area contributed by atoms with Crippen LogP contribution < -0.4 is 10.9 Å². The molecule has 0 spiro atoms. The molecule has 1 unspecified atom stereocenters. The second-order valence-corrected chi connectivity index (χ2v) is 2.90. The van der Waals surface area contributed by atoms with Crippen LogP contribution in [0.15, 0.2) is 11.8 Å². The van der Waals surface area contributed by atoms with Crippen molar-refractivity contribution < 1.29 is 0 Å². The van der Waals surface area contributed by atoms with E-state index in [9.17, 15) is 0 Å². The quantitative estimate of drug-likeness (QED) is 0.548. The highest BCUT2D eigenvalue weighted by Crippen LogP contribution is 2.12. The molecule has 0 aromatic heterocycles. The van der Waals surface area contributed by atoms with Crippen LogP contribution >= 0.6 is 0 Å². The summed E-state index contributed by atoms with van der Waals surface area (Å²) in [6, 6.07) is 0.532. The molecule has 1 heterocycles. The summed E-state index contributed by atoms with van der Waals surface area (Å²) in [4.78, 5) is 0. The molecule has 0 amide bonds. The monoisotopic (exact) mass is 126 g/mol. The molecule has 0 aromatic rings. The number of nitrogens with one attached hydrogen (secondary N) is 2. The van der Waals surface area contributed by atoms with Gasteiger partial charge in [-0.25, -0.2) is 5.43 Å². The molecule has 1 rings (SSSR count). The molecule has 1 atom stereocenters. The van der Waals surface area contributed by atoms with Crippen LogP contribution in [0, 0.1) is 5.92 Å². The second-order valence-electron chi connectivity index (χ2n) is 2.90. The van der Waals surface area contributed by atoms with Crippen molar-refractivity contribution in [2.45, 2.75) is 26.8 Å². The summed E-state index contributed by atoms with van der Waals surface area (Å²) in [7, 11) is 0. The van der Waals surface area contributed by atoms with Crippen LogP contribution in [0.2, 0.25) is 0 Å². The van der Waals surface area contributed by atoms with Gasteiger partial charge in [-0.05, 0) is 18.4 Å². The lowest BCUT2D eigenvalue weighted by Crippen LogP contribution is -2.35. The van der Waals surface area contributed by atoms with Crippen LogP contribution in [0.3, 0.4) is 0 Å². The Kier molecular flexibility index (Phi) is 1.76. The van der Waals surface area contributed by atoms with E-state index < -0.39 is 0 Å². The highest BCUT2D eigenvalue weighted by Gasteiger charge is 2.17. The lowest BCUT2D eigenvalue weighted by atomic mass is 10.00. The molecule has 1 aliphatic heterocycles. The molecular formula is C7H14N2. The minimum absolute atomic E-state index is 0.532. The third-order valence-corrected chi connectivity index (χ3v) is 1.70. The molecular weight excluding hydrogens is 112 g/mol. The van der Waals surface area contributed by atoms with E-state index in [0.717, 1.165) is 0 Å². The minimum Gasteiger partial charge on any atom is -0.328 e. The van der Waals surface area contributed by atoms with E-state index in [0.29, 0.717) is 12.0 Å². The zero-order valence-corrected chi connectivity index (χ0v) is 6.23. The molecule has 1 aliphatic rings. The van der Waals surface area contributed by atoms with E-state index >= 15 is 0 Å². The summed E-state index contributed by atoms with van der Waals surface area (Å²) >= 11 is 0. The zero-order chi connectivity index (χ0) is 6.85. The lowest BCUT2D eigenvalue weighted by Gasteiger charge is -2.15. The Labute approximate surface area is 56.3 Å². The first-order chi connectivity index (χ1) is 4.22. The van der Waals surface area contributed by atoms with Crippen molar-refractivity contribution in [3.8, 4) is 0 Å². The van der Waals surface area contributed by atoms with Gasteiger partial charge in [0.05, 0.1) is 6.04 Å². The molecule has 9 heavy (non-hydrogen) atoms. The van der Waals surface area contributed by atoms with E-state index in [1.165, 1.54) is 5.57 Å². The summed E-state index contributed by atoms with van der Waals surface area (Å²) in [5, 5.41) is 0. The van der Waals surface area contributed by atoms with Crippen molar-refractivity contribution in [1.29, 1.82) is 0 Å².